The molecule has 10 heteroatoms. The molecule has 40 heavy (non-hydrogen) atoms. The molecule has 1 atom stereocenters. The van der Waals surface area contributed by atoms with Gasteiger partial charge < -0.3 is 13.9 Å². The number of hydrogen-bond donors (Lipinski definition) is 0. The summed E-state index contributed by atoms with van der Waals surface area (Å²) in [6.07, 6.45) is 3.32. The van der Waals surface area contributed by atoms with Gasteiger partial charge in [0.2, 0.25) is 0 Å². The second-order valence-electron chi connectivity index (χ2n) is 8.80. The van der Waals surface area contributed by atoms with Crippen molar-refractivity contribution in [1.82, 2.24) is 4.57 Å². The number of carbonyl (C=O) groups excluding carboxylic acids is 1. The number of halogens is 2. The van der Waals surface area contributed by atoms with Crippen LogP contribution in [0.4, 0.5) is 0 Å². The highest BCUT2D eigenvalue weighted by Crippen LogP contribution is 2.32. The van der Waals surface area contributed by atoms with Gasteiger partial charge in [0, 0.05) is 11.6 Å². The molecule has 3 heterocycles. The number of ether oxygens (including phenoxy) is 2. The molecule has 0 amide bonds. The van der Waals surface area contributed by atoms with E-state index in [0.717, 1.165) is 11.1 Å². The lowest BCUT2D eigenvalue weighted by Gasteiger charge is -2.24. The smallest absolute Gasteiger partial charge is 0.338 e. The first kappa shape index (κ1) is 27.7. The fourth-order valence-corrected chi connectivity index (χ4v) is 5.70. The van der Waals surface area contributed by atoms with Gasteiger partial charge in [-0.25, -0.2) is 9.79 Å². The van der Waals surface area contributed by atoms with E-state index in [2.05, 4.69) is 11.6 Å². The lowest BCUT2D eigenvalue weighted by Crippen LogP contribution is -2.39. The number of benzene rings is 2. The van der Waals surface area contributed by atoms with Crippen LogP contribution < -0.4 is 19.6 Å². The van der Waals surface area contributed by atoms with E-state index < -0.39 is 12.0 Å². The second kappa shape index (κ2) is 11.7. The van der Waals surface area contributed by atoms with Gasteiger partial charge in [0.1, 0.15) is 23.9 Å². The number of hydrogen-bond acceptors (Lipinski definition) is 7. The van der Waals surface area contributed by atoms with Crippen LogP contribution in [0.25, 0.3) is 17.4 Å². The topological polar surface area (TPSA) is 83.0 Å². The van der Waals surface area contributed by atoms with Crippen LogP contribution in [0, 0.1) is 0 Å². The van der Waals surface area contributed by atoms with Crippen LogP contribution in [-0.4, -0.2) is 23.8 Å². The molecule has 0 N–H and O–H groups in total. The zero-order valence-corrected chi connectivity index (χ0v) is 24.0. The molecular formula is C30H24Cl2N2O5S. The molecule has 0 spiro atoms. The monoisotopic (exact) mass is 594 g/mol. The van der Waals surface area contributed by atoms with E-state index in [1.165, 1.54) is 15.9 Å². The summed E-state index contributed by atoms with van der Waals surface area (Å²) in [7, 11) is 0. The zero-order valence-electron chi connectivity index (χ0n) is 21.6. The number of nitrogens with zero attached hydrogens (tertiary/aromatic N) is 2. The highest BCUT2D eigenvalue weighted by Gasteiger charge is 2.33. The molecule has 0 saturated carbocycles. The average molecular weight is 596 g/mol. The normalized spacial score (nSPS) is 15.0. The first-order valence-electron chi connectivity index (χ1n) is 12.4. The molecule has 204 valence electrons. The molecule has 0 radical (unpaired) electrons. The maximum Gasteiger partial charge on any atom is 0.338 e. The molecular weight excluding hydrogens is 571 g/mol. The highest BCUT2D eigenvalue weighted by atomic mass is 35.5. The predicted molar refractivity (Wildman–Crippen MR) is 157 cm³/mol. The van der Waals surface area contributed by atoms with E-state index in [0.29, 0.717) is 54.5 Å². The van der Waals surface area contributed by atoms with Crippen molar-refractivity contribution in [3.63, 3.8) is 0 Å². The summed E-state index contributed by atoms with van der Waals surface area (Å²) in [5.74, 6) is 1.18. The number of carbonyl (C=O) groups is 1. The van der Waals surface area contributed by atoms with Crippen molar-refractivity contribution in [3.05, 3.63) is 120 Å². The molecule has 2 aromatic heterocycles. The Morgan fingerprint density at radius 3 is 2.62 bits per heavy atom. The lowest BCUT2D eigenvalue weighted by molar-refractivity contribution is -0.139. The largest absolute Gasteiger partial charge is 0.490 e. The molecule has 4 aromatic rings. The highest BCUT2D eigenvalue weighted by molar-refractivity contribution is 7.07. The Kier molecular flexibility index (Phi) is 8.12. The second-order valence-corrected chi connectivity index (χ2v) is 10.6. The summed E-state index contributed by atoms with van der Waals surface area (Å²) in [6.45, 7) is 7.70. The van der Waals surface area contributed by atoms with E-state index in [1.807, 2.05) is 12.1 Å². The molecule has 0 fully saturated rings. The van der Waals surface area contributed by atoms with Crippen LogP contribution in [0.1, 0.15) is 31.2 Å². The van der Waals surface area contributed by atoms with Crippen molar-refractivity contribution < 1.29 is 18.7 Å². The van der Waals surface area contributed by atoms with Crippen molar-refractivity contribution in [3.8, 4) is 17.1 Å². The van der Waals surface area contributed by atoms with E-state index in [1.54, 1.807) is 68.5 Å². The van der Waals surface area contributed by atoms with Crippen molar-refractivity contribution in [1.29, 1.82) is 0 Å². The molecule has 0 unspecified atom stereocenters. The number of rotatable bonds is 8. The third kappa shape index (κ3) is 5.43. The Bertz CT molecular complexity index is 1820. The van der Waals surface area contributed by atoms with E-state index in [9.17, 15) is 9.59 Å². The van der Waals surface area contributed by atoms with Crippen molar-refractivity contribution in [2.24, 2.45) is 4.99 Å². The summed E-state index contributed by atoms with van der Waals surface area (Å²) in [5.41, 5.74) is 1.97. The zero-order chi connectivity index (χ0) is 28.4. The number of esters is 1. The van der Waals surface area contributed by atoms with Gasteiger partial charge in [-0.1, -0.05) is 59.3 Å². The first-order chi connectivity index (χ1) is 19.3. The van der Waals surface area contributed by atoms with Crippen LogP contribution in [0.15, 0.2) is 92.7 Å². The third-order valence-electron chi connectivity index (χ3n) is 6.18. The fraction of sp³-hybridized carbons (Fsp3) is 0.167. The maximum absolute atomic E-state index is 13.8. The first-order valence-corrected chi connectivity index (χ1v) is 14.0. The van der Waals surface area contributed by atoms with Crippen LogP contribution in [0.5, 0.6) is 5.75 Å². The van der Waals surface area contributed by atoms with E-state index in [4.69, 9.17) is 37.1 Å². The Morgan fingerprint density at radius 1 is 1.15 bits per heavy atom. The molecule has 1 aliphatic rings. The molecule has 0 aliphatic carbocycles. The quantitative estimate of drug-likeness (QED) is 0.186. The van der Waals surface area contributed by atoms with Crippen molar-refractivity contribution in [2.75, 3.05) is 13.2 Å². The van der Waals surface area contributed by atoms with Crippen LogP contribution in [-0.2, 0) is 9.53 Å². The number of aromatic nitrogens is 1. The van der Waals surface area contributed by atoms with Crippen molar-refractivity contribution >= 4 is 46.6 Å². The maximum atomic E-state index is 13.8. The average Bonchev–Trinajstić information content (AvgIpc) is 3.53. The van der Waals surface area contributed by atoms with Gasteiger partial charge in [0.05, 0.1) is 38.5 Å². The van der Waals surface area contributed by atoms with Crippen molar-refractivity contribution in [2.45, 2.75) is 19.9 Å². The lowest BCUT2D eigenvalue weighted by atomic mass is 9.96. The SMILES string of the molecule is C=CCOc1ccc([C@@H]2C(C(=O)OCC)=C(C)N=c3s/c(=C\c4ccc(-c5ccc(Cl)c(Cl)c5)o4)c(=O)n32)cc1. The van der Waals surface area contributed by atoms with E-state index >= 15 is 0 Å². The van der Waals surface area contributed by atoms with Gasteiger partial charge in [-0.15, -0.1) is 0 Å². The summed E-state index contributed by atoms with van der Waals surface area (Å²) in [6, 6.07) is 15.3. The third-order valence-corrected chi connectivity index (χ3v) is 7.91. The van der Waals surface area contributed by atoms with Gasteiger partial charge >= 0.3 is 5.97 Å². The fourth-order valence-electron chi connectivity index (χ4n) is 4.37. The van der Waals surface area contributed by atoms with Gasteiger partial charge in [0.15, 0.2) is 4.80 Å². The Hall–Kier alpha value is -3.85. The molecule has 0 bridgehead atoms. The number of thiazole rings is 1. The standard InChI is InChI=1S/C30H24Cl2N2O5S/c1-4-14-38-20-9-6-18(7-10-20)27-26(29(36)37-5-2)17(3)33-30-34(27)28(35)25(40-30)16-21-11-13-24(39-21)19-8-12-22(31)23(32)15-19/h4,6-13,15-16,27H,1,5,14H2,2-3H3/b25-16-/t27-/m1/s1. The number of fused-ring (bicyclic) bond motifs is 1. The minimum Gasteiger partial charge on any atom is -0.490 e. The van der Waals surface area contributed by atoms with E-state index in [-0.39, 0.29) is 12.2 Å². The van der Waals surface area contributed by atoms with Gasteiger partial charge in [-0.05, 0) is 61.9 Å². The van der Waals surface area contributed by atoms with Crippen LogP contribution in [0.3, 0.4) is 0 Å². The van der Waals surface area contributed by atoms with Gasteiger partial charge in [-0.3, -0.25) is 9.36 Å². The number of furan rings is 1. The van der Waals surface area contributed by atoms with Crippen LogP contribution in [0.2, 0.25) is 10.0 Å². The minimum atomic E-state index is -0.728. The molecule has 0 saturated heterocycles. The summed E-state index contributed by atoms with van der Waals surface area (Å²) in [4.78, 5) is 31.9. The summed E-state index contributed by atoms with van der Waals surface area (Å²) in [5, 5.41) is 0.864. The molecule has 7 nitrogen and oxygen atoms in total. The Labute approximate surface area is 243 Å². The Balaban J connectivity index is 1.59. The molecule has 2 aromatic carbocycles. The van der Waals surface area contributed by atoms with Gasteiger partial charge in [0.25, 0.3) is 5.56 Å². The summed E-state index contributed by atoms with van der Waals surface area (Å²) >= 11 is 13.4. The minimum absolute atomic E-state index is 0.195. The molecule has 1 aliphatic heterocycles. The Morgan fingerprint density at radius 2 is 1.93 bits per heavy atom. The van der Waals surface area contributed by atoms with Crippen LogP contribution >= 0.6 is 34.5 Å². The van der Waals surface area contributed by atoms with Gasteiger partial charge in [-0.2, -0.15) is 0 Å². The summed E-state index contributed by atoms with van der Waals surface area (Å²) < 4.78 is 18.9. The predicted octanol–water partition coefficient (Wildman–Crippen LogP) is 5.93. The number of allylic oxidation sites excluding steroid dienone is 1. The molecule has 5 rings (SSSR count).